The average molecular weight is 513 g/mol. The summed E-state index contributed by atoms with van der Waals surface area (Å²) >= 11 is 0. The van der Waals surface area contributed by atoms with Crippen LogP contribution in [0.1, 0.15) is 29.8 Å². The summed E-state index contributed by atoms with van der Waals surface area (Å²) in [4.78, 5) is 18.5. The minimum atomic E-state index is 0. The van der Waals surface area contributed by atoms with Gasteiger partial charge in [0.05, 0.1) is 18.8 Å². The molecular formula is C20H32IN7O. The van der Waals surface area contributed by atoms with Gasteiger partial charge in [0.25, 0.3) is 0 Å². The van der Waals surface area contributed by atoms with E-state index in [0.29, 0.717) is 19.0 Å². The fraction of sp³-hybridized carbons (Fsp3) is 0.550. The van der Waals surface area contributed by atoms with Crippen molar-refractivity contribution in [2.45, 2.75) is 33.9 Å². The van der Waals surface area contributed by atoms with Crippen LogP contribution in [0, 0.1) is 13.8 Å². The van der Waals surface area contributed by atoms with Gasteiger partial charge in [-0.15, -0.1) is 24.0 Å². The van der Waals surface area contributed by atoms with Gasteiger partial charge in [-0.1, -0.05) is 6.07 Å². The quantitative estimate of drug-likeness (QED) is 0.349. The zero-order valence-electron chi connectivity index (χ0n) is 17.7. The van der Waals surface area contributed by atoms with Crippen molar-refractivity contribution in [3.63, 3.8) is 0 Å². The van der Waals surface area contributed by atoms with Crippen molar-refractivity contribution in [3.8, 4) is 0 Å². The summed E-state index contributed by atoms with van der Waals surface area (Å²) in [6, 6.07) is 4.08. The molecule has 1 aliphatic rings. The number of guanidine groups is 1. The Hall–Kier alpha value is -1.88. The number of hydrogen-bond acceptors (Lipinski definition) is 6. The molecule has 0 radical (unpaired) electrons. The minimum absolute atomic E-state index is 0. The predicted molar refractivity (Wildman–Crippen MR) is 127 cm³/mol. The molecule has 0 spiro atoms. The number of likely N-dealkylation sites (N-methyl/N-ethyl adjacent to an activating group) is 1. The molecule has 160 valence electrons. The van der Waals surface area contributed by atoms with Crippen molar-refractivity contribution >= 4 is 35.8 Å². The molecule has 2 N–H and O–H groups in total. The van der Waals surface area contributed by atoms with Crippen molar-refractivity contribution in [2.75, 3.05) is 44.7 Å². The minimum Gasteiger partial charge on any atom is -0.444 e. The lowest BCUT2D eigenvalue weighted by molar-refractivity contribution is 0.312. The third-order valence-corrected chi connectivity index (χ3v) is 4.90. The first-order valence-corrected chi connectivity index (χ1v) is 9.89. The van der Waals surface area contributed by atoms with Crippen LogP contribution in [0.2, 0.25) is 0 Å². The number of hydrogen-bond donors (Lipinski definition) is 2. The molecular weight excluding hydrogens is 481 g/mol. The highest BCUT2D eigenvalue weighted by Gasteiger charge is 2.17. The summed E-state index contributed by atoms with van der Waals surface area (Å²) in [6.45, 7) is 11.9. The van der Waals surface area contributed by atoms with Crippen LogP contribution in [0.25, 0.3) is 0 Å². The lowest BCUT2D eigenvalue weighted by Crippen LogP contribution is -2.45. The normalized spacial score (nSPS) is 15.2. The van der Waals surface area contributed by atoms with Crippen LogP contribution in [0.5, 0.6) is 0 Å². The summed E-state index contributed by atoms with van der Waals surface area (Å²) < 4.78 is 5.64. The second kappa shape index (κ2) is 11.3. The van der Waals surface area contributed by atoms with Gasteiger partial charge in [-0.3, -0.25) is 0 Å². The number of halogens is 1. The summed E-state index contributed by atoms with van der Waals surface area (Å²) in [5.74, 6) is 3.30. The highest BCUT2D eigenvalue weighted by molar-refractivity contribution is 14.0. The van der Waals surface area contributed by atoms with Crippen molar-refractivity contribution < 1.29 is 4.42 Å². The van der Waals surface area contributed by atoms with Crippen LogP contribution in [-0.4, -0.2) is 60.6 Å². The number of anilines is 1. The maximum absolute atomic E-state index is 5.64. The number of nitrogens with one attached hydrogen (secondary N) is 2. The molecule has 8 nitrogen and oxygen atoms in total. The van der Waals surface area contributed by atoms with E-state index >= 15 is 0 Å². The lowest BCUT2D eigenvalue weighted by Gasteiger charge is -2.34. The molecule has 1 saturated heterocycles. The van der Waals surface area contributed by atoms with Crippen LogP contribution < -0.4 is 15.5 Å². The van der Waals surface area contributed by atoms with Gasteiger partial charge in [0, 0.05) is 44.5 Å². The molecule has 1 fully saturated rings. The smallest absolute Gasteiger partial charge is 0.214 e. The molecule has 0 atom stereocenters. The molecule has 0 unspecified atom stereocenters. The first-order chi connectivity index (χ1) is 13.6. The number of pyridine rings is 1. The Bertz CT molecular complexity index is 780. The van der Waals surface area contributed by atoms with Gasteiger partial charge in [0.1, 0.15) is 11.6 Å². The van der Waals surface area contributed by atoms with Gasteiger partial charge >= 0.3 is 0 Å². The average Bonchev–Trinajstić information content (AvgIpc) is 3.02. The number of aliphatic imine (C=N–C) groups is 1. The molecule has 0 amide bonds. The van der Waals surface area contributed by atoms with Gasteiger partial charge in [0.2, 0.25) is 5.89 Å². The van der Waals surface area contributed by atoms with Gasteiger partial charge < -0.3 is 24.9 Å². The Kier molecular flexibility index (Phi) is 9.15. The molecule has 2 aromatic heterocycles. The Morgan fingerprint density at radius 3 is 2.62 bits per heavy atom. The SMILES string of the molecule is CCNC(=NCc1cccnc1N1CCN(C)CC1)NCc1nc(C)c(C)o1.I. The van der Waals surface area contributed by atoms with E-state index in [9.17, 15) is 0 Å². The molecule has 1 aliphatic heterocycles. The third kappa shape index (κ3) is 6.56. The fourth-order valence-corrected chi connectivity index (χ4v) is 3.14. The molecule has 3 heterocycles. The Labute approximate surface area is 190 Å². The van der Waals surface area contributed by atoms with Crippen molar-refractivity contribution in [2.24, 2.45) is 4.99 Å². The summed E-state index contributed by atoms with van der Waals surface area (Å²) in [6.07, 6.45) is 1.86. The molecule has 3 rings (SSSR count). The summed E-state index contributed by atoms with van der Waals surface area (Å²) in [5, 5.41) is 6.57. The third-order valence-electron chi connectivity index (χ3n) is 4.90. The number of rotatable bonds is 6. The van der Waals surface area contributed by atoms with E-state index in [1.807, 2.05) is 26.1 Å². The monoisotopic (exact) mass is 513 g/mol. The van der Waals surface area contributed by atoms with Crippen LogP contribution >= 0.6 is 24.0 Å². The van der Waals surface area contributed by atoms with Crippen molar-refractivity contribution in [3.05, 3.63) is 41.2 Å². The van der Waals surface area contributed by atoms with Gasteiger partial charge in [-0.2, -0.15) is 0 Å². The molecule has 9 heteroatoms. The second-order valence-corrected chi connectivity index (χ2v) is 7.07. The van der Waals surface area contributed by atoms with E-state index < -0.39 is 0 Å². The Balaban J connectivity index is 0.00000300. The van der Waals surface area contributed by atoms with Crippen LogP contribution in [0.3, 0.4) is 0 Å². The van der Waals surface area contributed by atoms with Crippen LogP contribution in [0.4, 0.5) is 5.82 Å². The molecule has 0 aliphatic carbocycles. The number of oxazole rings is 1. The zero-order valence-corrected chi connectivity index (χ0v) is 20.1. The van der Waals surface area contributed by atoms with Gasteiger partial charge in [-0.05, 0) is 33.9 Å². The molecule has 29 heavy (non-hydrogen) atoms. The molecule has 2 aromatic rings. The van der Waals surface area contributed by atoms with E-state index in [-0.39, 0.29) is 24.0 Å². The Morgan fingerprint density at radius 2 is 1.97 bits per heavy atom. The largest absolute Gasteiger partial charge is 0.444 e. The highest BCUT2D eigenvalue weighted by atomic mass is 127. The van der Waals surface area contributed by atoms with E-state index in [2.05, 4.69) is 50.4 Å². The predicted octanol–water partition coefficient (Wildman–Crippen LogP) is 2.31. The van der Waals surface area contributed by atoms with Crippen molar-refractivity contribution in [1.82, 2.24) is 25.5 Å². The maximum atomic E-state index is 5.64. The maximum Gasteiger partial charge on any atom is 0.214 e. The van der Waals surface area contributed by atoms with E-state index in [0.717, 1.165) is 61.5 Å². The van der Waals surface area contributed by atoms with Gasteiger partial charge in [0.15, 0.2) is 5.96 Å². The number of piperazine rings is 1. The molecule has 0 aromatic carbocycles. The summed E-state index contributed by atoms with van der Waals surface area (Å²) in [5.41, 5.74) is 2.05. The van der Waals surface area contributed by atoms with E-state index in [1.54, 1.807) is 0 Å². The standard InChI is InChI=1S/C20H31N7O.HI/c1-5-21-20(24-14-18-25-15(2)16(3)28-18)23-13-17-7-6-8-22-19(17)27-11-9-26(4)10-12-27;/h6-8H,5,9-14H2,1-4H3,(H2,21,23,24);1H. The second-order valence-electron chi connectivity index (χ2n) is 7.07. The fourth-order valence-electron chi connectivity index (χ4n) is 3.14. The number of aryl methyl sites for hydroxylation is 2. The highest BCUT2D eigenvalue weighted by Crippen LogP contribution is 2.19. The van der Waals surface area contributed by atoms with Crippen LogP contribution in [-0.2, 0) is 13.1 Å². The first kappa shape index (κ1) is 23.4. The van der Waals surface area contributed by atoms with E-state index in [4.69, 9.17) is 9.41 Å². The van der Waals surface area contributed by atoms with Crippen molar-refractivity contribution in [1.29, 1.82) is 0 Å². The number of aromatic nitrogens is 2. The first-order valence-electron chi connectivity index (χ1n) is 9.89. The lowest BCUT2D eigenvalue weighted by atomic mass is 10.2. The zero-order chi connectivity index (χ0) is 19.9. The summed E-state index contributed by atoms with van der Waals surface area (Å²) in [7, 11) is 2.16. The van der Waals surface area contributed by atoms with E-state index in [1.165, 1.54) is 0 Å². The number of nitrogens with zero attached hydrogens (tertiary/aromatic N) is 5. The van der Waals surface area contributed by atoms with Crippen LogP contribution in [0.15, 0.2) is 27.7 Å². The van der Waals surface area contributed by atoms with Gasteiger partial charge in [-0.25, -0.2) is 15.0 Å². The topological polar surface area (TPSA) is 81.8 Å². The molecule has 0 saturated carbocycles. The molecule has 0 bridgehead atoms. The Morgan fingerprint density at radius 1 is 1.21 bits per heavy atom.